The lowest BCUT2D eigenvalue weighted by atomic mass is 10.2. The molecule has 0 aliphatic rings. The van der Waals surface area contributed by atoms with Crippen LogP contribution in [0.4, 0.5) is 5.69 Å². The first-order valence-electron chi connectivity index (χ1n) is 8.09. The van der Waals surface area contributed by atoms with E-state index in [0.29, 0.717) is 22.0 Å². The summed E-state index contributed by atoms with van der Waals surface area (Å²) in [6, 6.07) is 12.5. The molecule has 0 fully saturated rings. The molecule has 0 radical (unpaired) electrons. The number of amides is 2. The molecular weight excluding hydrogens is 372 g/mol. The number of ether oxygens (including phenoxy) is 2. The van der Waals surface area contributed by atoms with Crippen LogP contribution < -0.4 is 15.8 Å². The van der Waals surface area contributed by atoms with E-state index in [1.807, 2.05) is 0 Å². The van der Waals surface area contributed by atoms with E-state index in [1.54, 1.807) is 24.3 Å². The molecule has 0 spiro atoms. The Bertz CT molecular complexity index is 821. The Balaban J connectivity index is 1.87. The summed E-state index contributed by atoms with van der Waals surface area (Å²) in [4.78, 5) is 35.3. The van der Waals surface area contributed by atoms with Crippen LogP contribution in [-0.2, 0) is 14.3 Å². The van der Waals surface area contributed by atoms with Gasteiger partial charge in [0.25, 0.3) is 5.91 Å². The van der Waals surface area contributed by atoms with Crippen LogP contribution in [0.2, 0.25) is 5.02 Å². The molecule has 8 heteroatoms. The van der Waals surface area contributed by atoms with E-state index in [0.717, 1.165) is 0 Å². The Labute approximate surface area is 161 Å². The number of halogens is 1. The topological polar surface area (TPSA) is 108 Å². The number of nitrogens with two attached hydrogens (primary N) is 1. The zero-order valence-corrected chi connectivity index (χ0v) is 15.5. The summed E-state index contributed by atoms with van der Waals surface area (Å²) < 4.78 is 10.6. The van der Waals surface area contributed by atoms with Crippen molar-refractivity contribution in [3.8, 4) is 5.75 Å². The first kappa shape index (κ1) is 20.3. The number of carbonyl (C=O) groups is 3. The number of hydrogen-bond acceptors (Lipinski definition) is 5. The third-order valence-corrected chi connectivity index (χ3v) is 3.81. The number of anilines is 1. The molecule has 0 saturated heterocycles. The highest BCUT2D eigenvalue weighted by Crippen LogP contribution is 2.17. The van der Waals surface area contributed by atoms with Crippen molar-refractivity contribution in [2.75, 3.05) is 5.32 Å². The fourth-order valence-electron chi connectivity index (χ4n) is 2.05. The Morgan fingerprint density at radius 2 is 1.56 bits per heavy atom. The molecule has 142 valence electrons. The van der Waals surface area contributed by atoms with Crippen LogP contribution in [0.3, 0.4) is 0 Å². The standard InChI is InChI=1S/C19H19ClN2O5/c1-11(18(24)22-15-7-3-13(4-8-15)17(21)23)27-19(25)12(2)26-16-9-5-14(20)6-10-16/h3-12H,1-2H3,(H2,21,23)(H,22,24)/t11-,12+/m1/s1. The Kier molecular flexibility index (Phi) is 6.79. The maximum atomic E-state index is 12.1. The lowest BCUT2D eigenvalue weighted by Gasteiger charge is -2.18. The molecule has 3 N–H and O–H groups in total. The van der Waals surface area contributed by atoms with E-state index in [1.165, 1.54) is 38.1 Å². The molecular formula is C19H19ClN2O5. The molecule has 7 nitrogen and oxygen atoms in total. The second kappa shape index (κ2) is 9.05. The monoisotopic (exact) mass is 390 g/mol. The van der Waals surface area contributed by atoms with Crippen molar-refractivity contribution >= 4 is 35.1 Å². The van der Waals surface area contributed by atoms with Crippen LogP contribution in [0.1, 0.15) is 24.2 Å². The van der Waals surface area contributed by atoms with E-state index in [9.17, 15) is 14.4 Å². The maximum absolute atomic E-state index is 12.1. The van der Waals surface area contributed by atoms with E-state index in [-0.39, 0.29) is 0 Å². The van der Waals surface area contributed by atoms with Gasteiger partial charge in [-0.25, -0.2) is 4.79 Å². The lowest BCUT2D eigenvalue weighted by Crippen LogP contribution is -2.35. The molecule has 2 atom stereocenters. The van der Waals surface area contributed by atoms with E-state index < -0.39 is 30.0 Å². The Morgan fingerprint density at radius 1 is 0.963 bits per heavy atom. The zero-order valence-electron chi connectivity index (χ0n) is 14.8. The molecule has 0 bridgehead atoms. The fraction of sp³-hybridized carbons (Fsp3) is 0.211. The van der Waals surface area contributed by atoms with E-state index >= 15 is 0 Å². The van der Waals surface area contributed by atoms with Crippen molar-refractivity contribution in [2.24, 2.45) is 5.73 Å². The highest BCUT2D eigenvalue weighted by molar-refractivity contribution is 6.30. The molecule has 2 amide bonds. The molecule has 2 aromatic carbocycles. The number of nitrogens with one attached hydrogen (secondary N) is 1. The average molecular weight is 391 g/mol. The summed E-state index contributed by atoms with van der Waals surface area (Å²) >= 11 is 5.79. The molecule has 0 unspecified atom stereocenters. The molecule has 0 aliphatic heterocycles. The van der Waals surface area contributed by atoms with Crippen LogP contribution in [0.15, 0.2) is 48.5 Å². The second-order valence-electron chi connectivity index (χ2n) is 5.72. The quantitative estimate of drug-likeness (QED) is 0.707. The third kappa shape index (κ3) is 6.00. The van der Waals surface area contributed by atoms with Gasteiger partial charge >= 0.3 is 5.97 Å². The summed E-state index contributed by atoms with van der Waals surface area (Å²) in [6.45, 7) is 2.96. The number of carbonyl (C=O) groups excluding carboxylic acids is 3. The van der Waals surface area contributed by atoms with Crippen molar-refractivity contribution in [2.45, 2.75) is 26.1 Å². The smallest absolute Gasteiger partial charge is 0.347 e. The summed E-state index contributed by atoms with van der Waals surface area (Å²) in [7, 11) is 0. The van der Waals surface area contributed by atoms with Crippen molar-refractivity contribution in [3.63, 3.8) is 0 Å². The zero-order chi connectivity index (χ0) is 20.0. The SMILES string of the molecule is C[C@H](Oc1ccc(Cl)cc1)C(=O)O[C@H](C)C(=O)Nc1ccc(C(N)=O)cc1. The van der Waals surface area contributed by atoms with Crippen molar-refractivity contribution in [1.29, 1.82) is 0 Å². The van der Waals surface area contributed by atoms with Gasteiger partial charge in [0.1, 0.15) is 5.75 Å². The summed E-state index contributed by atoms with van der Waals surface area (Å²) in [5.74, 6) is -1.31. The molecule has 2 rings (SSSR count). The fourth-order valence-corrected chi connectivity index (χ4v) is 2.18. The van der Waals surface area contributed by atoms with Crippen molar-refractivity contribution < 1.29 is 23.9 Å². The normalized spacial score (nSPS) is 12.6. The average Bonchev–Trinajstić information content (AvgIpc) is 2.63. The van der Waals surface area contributed by atoms with Gasteiger partial charge in [-0.2, -0.15) is 0 Å². The first-order chi connectivity index (χ1) is 12.8. The Morgan fingerprint density at radius 3 is 2.11 bits per heavy atom. The highest BCUT2D eigenvalue weighted by atomic mass is 35.5. The minimum atomic E-state index is -1.04. The minimum absolute atomic E-state index is 0.320. The van der Waals surface area contributed by atoms with Gasteiger partial charge in [-0.3, -0.25) is 9.59 Å². The van der Waals surface area contributed by atoms with Gasteiger partial charge in [0.05, 0.1) is 0 Å². The molecule has 0 saturated carbocycles. The van der Waals surface area contributed by atoms with Gasteiger partial charge in [0.2, 0.25) is 5.91 Å². The van der Waals surface area contributed by atoms with E-state index in [4.69, 9.17) is 26.8 Å². The molecule has 27 heavy (non-hydrogen) atoms. The number of hydrogen-bond donors (Lipinski definition) is 2. The maximum Gasteiger partial charge on any atom is 0.347 e. The number of primary amides is 1. The highest BCUT2D eigenvalue weighted by Gasteiger charge is 2.23. The van der Waals surface area contributed by atoms with Crippen LogP contribution in [0.25, 0.3) is 0 Å². The van der Waals surface area contributed by atoms with Crippen LogP contribution in [0.5, 0.6) is 5.75 Å². The van der Waals surface area contributed by atoms with Crippen LogP contribution in [-0.4, -0.2) is 30.0 Å². The number of rotatable bonds is 7. The van der Waals surface area contributed by atoms with Gasteiger partial charge in [-0.05, 0) is 62.4 Å². The second-order valence-corrected chi connectivity index (χ2v) is 6.16. The van der Waals surface area contributed by atoms with Crippen molar-refractivity contribution in [1.82, 2.24) is 0 Å². The third-order valence-electron chi connectivity index (χ3n) is 3.56. The van der Waals surface area contributed by atoms with Crippen molar-refractivity contribution in [3.05, 3.63) is 59.1 Å². The number of esters is 1. The van der Waals surface area contributed by atoms with Crippen LogP contribution >= 0.6 is 11.6 Å². The first-order valence-corrected chi connectivity index (χ1v) is 8.47. The van der Waals surface area contributed by atoms with Gasteiger partial charge in [-0.1, -0.05) is 11.6 Å². The molecule has 2 aromatic rings. The van der Waals surface area contributed by atoms with Gasteiger partial charge < -0.3 is 20.5 Å². The minimum Gasteiger partial charge on any atom is -0.479 e. The molecule has 0 aromatic heterocycles. The van der Waals surface area contributed by atoms with E-state index in [2.05, 4.69) is 5.32 Å². The largest absolute Gasteiger partial charge is 0.479 e. The Hall–Kier alpha value is -3.06. The van der Waals surface area contributed by atoms with Crippen LogP contribution in [0, 0.1) is 0 Å². The van der Waals surface area contributed by atoms with Gasteiger partial charge in [-0.15, -0.1) is 0 Å². The predicted octanol–water partition coefficient (Wildman–Crippen LogP) is 2.78. The summed E-state index contributed by atoms with van der Waals surface area (Å²) in [6.07, 6.45) is -1.94. The lowest BCUT2D eigenvalue weighted by molar-refractivity contribution is -0.159. The van der Waals surface area contributed by atoms with Gasteiger partial charge in [0.15, 0.2) is 12.2 Å². The summed E-state index contributed by atoms with van der Waals surface area (Å²) in [5.41, 5.74) is 5.92. The predicted molar refractivity (Wildman–Crippen MR) is 101 cm³/mol. The summed E-state index contributed by atoms with van der Waals surface area (Å²) in [5, 5.41) is 3.13. The molecule has 0 heterocycles. The number of benzene rings is 2. The molecule has 0 aliphatic carbocycles. The van der Waals surface area contributed by atoms with Gasteiger partial charge in [0, 0.05) is 16.3 Å².